The van der Waals surface area contributed by atoms with Crippen LogP contribution in [0.15, 0.2) is 23.0 Å². The second kappa shape index (κ2) is 10.9. The molecule has 1 aromatic carbocycles. The lowest BCUT2D eigenvalue weighted by molar-refractivity contribution is -0.135. The largest absolute Gasteiger partial charge is 0.310 e. The topological polar surface area (TPSA) is 99.6 Å². The van der Waals surface area contributed by atoms with Gasteiger partial charge in [-0.3, -0.25) is 29.2 Å². The molecule has 1 atom stereocenters. The van der Waals surface area contributed by atoms with E-state index in [1.807, 2.05) is 18.2 Å². The molecular formula is C32H44N6O3. The van der Waals surface area contributed by atoms with Crippen LogP contribution in [0.5, 0.6) is 0 Å². The number of fused-ring (bicyclic) bond motifs is 1. The van der Waals surface area contributed by atoms with Crippen molar-refractivity contribution in [2.45, 2.75) is 76.3 Å². The van der Waals surface area contributed by atoms with Crippen LogP contribution in [-0.2, 0) is 16.0 Å². The first-order valence-electron chi connectivity index (χ1n) is 15.9. The summed E-state index contributed by atoms with van der Waals surface area (Å²) in [5.41, 5.74) is 1.90. The molecule has 2 aliphatic heterocycles. The Balaban J connectivity index is 0.945. The van der Waals surface area contributed by atoms with E-state index >= 15 is 0 Å². The average molecular weight is 561 g/mol. The van der Waals surface area contributed by atoms with Gasteiger partial charge < -0.3 is 10.2 Å². The number of imide groups is 1. The number of hydrogen-bond acceptors (Lipinski definition) is 7. The predicted octanol–water partition coefficient (Wildman–Crippen LogP) is 2.40. The first kappa shape index (κ1) is 27.2. The summed E-state index contributed by atoms with van der Waals surface area (Å²) in [5, 5.41) is 7.03. The summed E-state index contributed by atoms with van der Waals surface area (Å²) < 4.78 is 1.49. The van der Waals surface area contributed by atoms with Gasteiger partial charge in [0.2, 0.25) is 11.8 Å². The molecule has 220 valence electrons. The highest BCUT2D eigenvalue weighted by atomic mass is 16.2. The van der Waals surface area contributed by atoms with E-state index in [4.69, 9.17) is 0 Å². The number of hydrogen-bond donors (Lipinski definition) is 2. The van der Waals surface area contributed by atoms with E-state index in [0.29, 0.717) is 28.7 Å². The molecule has 2 saturated heterocycles. The second-order valence-corrected chi connectivity index (χ2v) is 13.7. The Kier molecular flexibility index (Phi) is 7.24. The normalized spacial score (nSPS) is 32.1. The molecule has 1 unspecified atom stereocenters. The fourth-order valence-corrected chi connectivity index (χ4v) is 9.25. The number of benzene rings is 1. The van der Waals surface area contributed by atoms with Crippen molar-refractivity contribution in [3.05, 3.63) is 39.9 Å². The van der Waals surface area contributed by atoms with E-state index < -0.39 is 11.9 Å². The lowest BCUT2D eigenvalue weighted by atomic mass is 9.53. The monoisotopic (exact) mass is 560 g/mol. The standard InChI is InChI=1S/C32H44N6O3/c1-21-34-26-4-2-3-25(29(26)31(41)38(21)27-5-6-28(39)35-30(27)40)7-9-36-11-13-37(14-12-36)10-8-33-32-18-22-15-23(19-32)17-24(16-22)20-32/h2-4,22-24,27,33H,5-20H2,1H3,(H,35,39,40). The molecule has 9 nitrogen and oxygen atoms in total. The van der Waals surface area contributed by atoms with E-state index in [0.717, 1.165) is 75.6 Å². The van der Waals surface area contributed by atoms with Gasteiger partial charge in [0, 0.05) is 57.8 Å². The third kappa shape index (κ3) is 5.37. The Bertz CT molecular complexity index is 1360. The number of carbonyl (C=O) groups is 2. The predicted molar refractivity (Wildman–Crippen MR) is 158 cm³/mol. The summed E-state index contributed by atoms with van der Waals surface area (Å²) in [4.78, 5) is 47.7. The summed E-state index contributed by atoms with van der Waals surface area (Å²) in [7, 11) is 0. The summed E-state index contributed by atoms with van der Waals surface area (Å²) in [6, 6.07) is 5.16. The Morgan fingerprint density at radius 3 is 2.27 bits per heavy atom. The average Bonchev–Trinajstić information content (AvgIpc) is 2.92. The van der Waals surface area contributed by atoms with Gasteiger partial charge in [0.1, 0.15) is 11.9 Å². The van der Waals surface area contributed by atoms with Crippen LogP contribution >= 0.6 is 0 Å². The highest BCUT2D eigenvalue weighted by Gasteiger charge is 2.50. The van der Waals surface area contributed by atoms with Gasteiger partial charge in [0.05, 0.1) is 10.9 Å². The zero-order chi connectivity index (χ0) is 28.1. The number of aryl methyl sites for hydroxylation is 1. The van der Waals surface area contributed by atoms with Gasteiger partial charge in [-0.05, 0) is 87.7 Å². The number of carbonyl (C=O) groups excluding carboxylic acids is 2. The van der Waals surface area contributed by atoms with E-state index in [2.05, 4.69) is 25.4 Å². The molecule has 9 heteroatoms. The maximum Gasteiger partial charge on any atom is 0.262 e. The number of nitrogens with zero attached hydrogens (tertiary/aromatic N) is 4. The fourth-order valence-electron chi connectivity index (χ4n) is 9.25. The number of amides is 2. The molecule has 2 aromatic rings. The van der Waals surface area contributed by atoms with Crippen LogP contribution in [0, 0.1) is 24.7 Å². The van der Waals surface area contributed by atoms with Crippen molar-refractivity contribution in [1.82, 2.24) is 30.0 Å². The minimum Gasteiger partial charge on any atom is -0.310 e. The summed E-state index contributed by atoms with van der Waals surface area (Å²) in [5.74, 6) is 2.75. The van der Waals surface area contributed by atoms with Gasteiger partial charge in [-0.1, -0.05) is 12.1 Å². The Morgan fingerprint density at radius 2 is 1.61 bits per heavy atom. The van der Waals surface area contributed by atoms with Crippen LogP contribution in [0.25, 0.3) is 10.9 Å². The third-order valence-electron chi connectivity index (χ3n) is 10.8. The Hall–Kier alpha value is -2.62. The summed E-state index contributed by atoms with van der Waals surface area (Å²) in [6.07, 6.45) is 10.0. The number of piperazine rings is 1. The fraction of sp³-hybridized carbons (Fsp3) is 0.688. The van der Waals surface area contributed by atoms with Crippen LogP contribution < -0.4 is 16.2 Å². The van der Waals surface area contributed by atoms with E-state index in [-0.39, 0.29) is 17.9 Å². The van der Waals surface area contributed by atoms with Crippen LogP contribution in [0.2, 0.25) is 0 Å². The molecule has 2 amide bonds. The molecule has 0 radical (unpaired) electrons. The molecule has 4 aliphatic carbocycles. The zero-order valence-electron chi connectivity index (χ0n) is 24.4. The van der Waals surface area contributed by atoms with Gasteiger partial charge in [0.25, 0.3) is 5.56 Å². The van der Waals surface area contributed by atoms with Crippen molar-refractivity contribution in [2.75, 3.05) is 45.8 Å². The van der Waals surface area contributed by atoms with Crippen molar-refractivity contribution in [3.8, 4) is 0 Å². The highest BCUT2D eigenvalue weighted by Crippen LogP contribution is 2.55. The molecule has 6 fully saturated rings. The molecule has 2 N–H and O–H groups in total. The minimum atomic E-state index is -0.698. The number of nitrogens with one attached hydrogen (secondary N) is 2. The van der Waals surface area contributed by atoms with Crippen molar-refractivity contribution < 1.29 is 9.59 Å². The minimum absolute atomic E-state index is 0.186. The Labute approximate surface area is 242 Å². The summed E-state index contributed by atoms with van der Waals surface area (Å²) in [6.45, 7) is 9.14. The van der Waals surface area contributed by atoms with Crippen LogP contribution in [0.4, 0.5) is 0 Å². The van der Waals surface area contributed by atoms with E-state index in [1.54, 1.807) is 6.92 Å². The Morgan fingerprint density at radius 1 is 0.951 bits per heavy atom. The maximum atomic E-state index is 13.7. The number of piperidine rings is 1. The molecule has 4 saturated carbocycles. The molecule has 4 bridgehead atoms. The smallest absolute Gasteiger partial charge is 0.262 e. The van der Waals surface area contributed by atoms with Crippen LogP contribution in [-0.4, -0.2) is 82.5 Å². The van der Waals surface area contributed by atoms with Gasteiger partial charge in [-0.15, -0.1) is 0 Å². The van der Waals surface area contributed by atoms with Crippen LogP contribution in [0.1, 0.15) is 68.8 Å². The highest BCUT2D eigenvalue weighted by molar-refractivity contribution is 5.99. The van der Waals surface area contributed by atoms with Crippen molar-refractivity contribution >= 4 is 22.7 Å². The lowest BCUT2D eigenvalue weighted by Gasteiger charge is -2.57. The van der Waals surface area contributed by atoms with Crippen molar-refractivity contribution in [3.63, 3.8) is 0 Å². The molecule has 41 heavy (non-hydrogen) atoms. The van der Waals surface area contributed by atoms with Crippen molar-refractivity contribution in [1.29, 1.82) is 0 Å². The molecule has 0 spiro atoms. The molecular weight excluding hydrogens is 516 g/mol. The molecule has 3 heterocycles. The number of aromatic nitrogens is 2. The zero-order valence-corrected chi connectivity index (χ0v) is 24.4. The third-order valence-corrected chi connectivity index (χ3v) is 10.8. The SMILES string of the molecule is Cc1nc2cccc(CCN3CCN(CCNC45CC6CC(CC(C6)C4)C5)CC3)c2c(=O)n1C1CCC(=O)NC1=O. The maximum absolute atomic E-state index is 13.7. The molecule has 6 aliphatic rings. The summed E-state index contributed by atoms with van der Waals surface area (Å²) >= 11 is 0. The van der Waals surface area contributed by atoms with Gasteiger partial charge >= 0.3 is 0 Å². The molecule has 8 rings (SSSR count). The van der Waals surface area contributed by atoms with Gasteiger partial charge in [-0.2, -0.15) is 0 Å². The first-order valence-corrected chi connectivity index (χ1v) is 15.9. The van der Waals surface area contributed by atoms with Gasteiger partial charge in [-0.25, -0.2) is 4.98 Å². The van der Waals surface area contributed by atoms with E-state index in [1.165, 1.54) is 43.1 Å². The first-order chi connectivity index (χ1) is 19.9. The molecule has 1 aromatic heterocycles. The van der Waals surface area contributed by atoms with Crippen molar-refractivity contribution in [2.24, 2.45) is 17.8 Å². The van der Waals surface area contributed by atoms with Crippen LogP contribution in [0.3, 0.4) is 0 Å². The number of rotatable bonds is 8. The van der Waals surface area contributed by atoms with Gasteiger partial charge in [0.15, 0.2) is 0 Å². The lowest BCUT2D eigenvalue weighted by Crippen LogP contribution is -2.59. The quantitative estimate of drug-likeness (QED) is 0.479. The second-order valence-electron chi connectivity index (χ2n) is 13.7. The van der Waals surface area contributed by atoms with E-state index in [9.17, 15) is 14.4 Å².